The third kappa shape index (κ3) is 3.49. The molecule has 0 amide bonds. The SMILES string of the molecule is CC(C)C(C)C(=O)Sc1ccc(C=O)cc1. The van der Waals surface area contributed by atoms with Gasteiger partial charge in [-0.3, -0.25) is 9.59 Å². The number of hydrogen-bond donors (Lipinski definition) is 0. The molecule has 86 valence electrons. The molecule has 0 aliphatic rings. The van der Waals surface area contributed by atoms with Crippen molar-refractivity contribution in [2.75, 3.05) is 0 Å². The maximum Gasteiger partial charge on any atom is 0.196 e. The summed E-state index contributed by atoms with van der Waals surface area (Å²) in [6, 6.07) is 7.06. The lowest BCUT2D eigenvalue weighted by molar-refractivity contribution is -0.114. The molecule has 0 radical (unpaired) electrons. The van der Waals surface area contributed by atoms with Crippen molar-refractivity contribution in [3.63, 3.8) is 0 Å². The van der Waals surface area contributed by atoms with Gasteiger partial charge in [-0.25, -0.2) is 0 Å². The number of aldehydes is 1. The van der Waals surface area contributed by atoms with Gasteiger partial charge in [-0.15, -0.1) is 0 Å². The highest BCUT2D eigenvalue weighted by molar-refractivity contribution is 8.13. The second kappa shape index (κ2) is 5.85. The molecule has 0 aliphatic carbocycles. The Kier molecular flexibility index (Phi) is 4.74. The average molecular weight is 236 g/mol. The topological polar surface area (TPSA) is 34.1 Å². The highest BCUT2D eigenvalue weighted by Gasteiger charge is 2.17. The van der Waals surface area contributed by atoms with Crippen molar-refractivity contribution in [1.29, 1.82) is 0 Å². The second-order valence-corrected chi connectivity index (χ2v) is 5.22. The Morgan fingerprint density at radius 2 is 1.75 bits per heavy atom. The van der Waals surface area contributed by atoms with E-state index in [1.807, 2.05) is 20.8 Å². The Bertz CT molecular complexity index is 368. The van der Waals surface area contributed by atoms with Gasteiger partial charge in [0.15, 0.2) is 5.12 Å². The molecule has 1 aromatic rings. The Morgan fingerprint density at radius 1 is 1.19 bits per heavy atom. The highest BCUT2D eigenvalue weighted by Crippen LogP contribution is 2.25. The molecular formula is C13H16O2S. The van der Waals surface area contributed by atoms with Crippen molar-refractivity contribution in [2.45, 2.75) is 25.7 Å². The molecule has 0 saturated carbocycles. The van der Waals surface area contributed by atoms with Crippen molar-refractivity contribution >= 4 is 23.2 Å². The van der Waals surface area contributed by atoms with E-state index in [1.54, 1.807) is 24.3 Å². The fraction of sp³-hybridized carbons (Fsp3) is 0.385. The predicted molar refractivity (Wildman–Crippen MR) is 66.7 cm³/mol. The molecule has 1 rings (SSSR count). The van der Waals surface area contributed by atoms with Crippen LogP contribution in [0.1, 0.15) is 31.1 Å². The first-order chi connectivity index (χ1) is 7.54. The van der Waals surface area contributed by atoms with Gasteiger partial charge in [0, 0.05) is 16.4 Å². The summed E-state index contributed by atoms with van der Waals surface area (Å²) in [5, 5.41) is 0.175. The average Bonchev–Trinajstić information content (AvgIpc) is 2.28. The first-order valence-corrected chi connectivity index (χ1v) is 6.13. The molecule has 1 atom stereocenters. The molecule has 1 aromatic carbocycles. The minimum absolute atomic E-state index is 0.0516. The lowest BCUT2D eigenvalue weighted by Crippen LogP contribution is -2.13. The van der Waals surface area contributed by atoms with Gasteiger partial charge in [0.05, 0.1) is 0 Å². The van der Waals surface area contributed by atoms with Crippen molar-refractivity contribution in [3.8, 4) is 0 Å². The van der Waals surface area contributed by atoms with Gasteiger partial charge in [0.2, 0.25) is 0 Å². The van der Waals surface area contributed by atoms with Crippen molar-refractivity contribution < 1.29 is 9.59 Å². The summed E-state index contributed by atoms with van der Waals surface area (Å²) in [6.07, 6.45) is 0.799. The normalized spacial score (nSPS) is 12.5. The Balaban J connectivity index is 2.66. The third-order valence-corrected chi connectivity index (χ3v) is 3.69. The van der Waals surface area contributed by atoms with Gasteiger partial charge in [0.25, 0.3) is 0 Å². The highest BCUT2D eigenvalue weighted by atomic mass is 32.2. The number of benzene rings is 1. The van der Waals surface area contributed by atoms with E-state index < -0.39 is 0 Å². The molecule has 0 fully saturated rings. The van der Waals surface area contributed by atoms with Gasteiger partial charge >= 0.3 is 0 Å². The van der Waals surface area contributed by atoms with Gasteiger partial charge in [0.1, 0.15) is 6.29 Å². The fourth-order valence-corrected chi connectivity index (χ4v) is 2.06. The number of hydrogen-bond acceptors (Lipinski definition) is 3. The van der Waals surface area contributed by atoms with Crippen LogP contribution >= 0.6 is 11.8 Å². The van der Waals surface area contributed by atoms with E-state index in [4.69, 9.17) is 0 Å². The summed E-state index contributed by atoms with van der Waals surface area (Å²) in [5.74, 6) is 0.407. The molecule has 0 heterocycles. The summed E-state index contributed by atoms with van der Waals surface area (Å²) >= 11 is 1.24. The predicted octanol–water partition coefficient (Wildman–Crippen LogP) is 3.41. The van der Waals surface area contributed by atoms with Crippen LogP contribution in [-0.2, 0) is 4.79 Å². The Labute approximate surface area is 100 Å². The molecule has 16 heavy (non-hydrogen) atoms. The second-order valence-electron chi connectivity index (χ2n) is 4.14. The quantitative estimate of drug-likeness (QED) is 0.593. The fourth-order valence-electron chi connectivity index (χ4n) is 1.10. The van der Waals surface area contributed by atoms with Crippen LogP contribution in [0, 0.1) is 11.8 Å². The van der Waals surface area contributed by atoms with Crippen LogP contribution in [0.2, 0.25) is 0 Å². The van der Waals surface area contributed by atoms with Crippen LogP contribution in [0.4, 0.5) is 0 Å². The minimum Gasteiger partial charge on any atom is -0.298 e. The number of thioether (sulfide) groups is 1. The van der Waals surface area contributed by atoms with E-state index in [-0.39, 0.29) is 11.0 Å². The molecule has 0 aliphatic heterocycles. The maximum absolute atomic E-state index is 11.8. The van der Waals surface area contributed by atoms with Gasteiger partial charge < -0.3 is 0 Å². The molecule has 2 nitrogen and oxygen atoms in total. The molecule has 1 unspecified atom stereocenters. The third-order valence-electron chi connectivity index (χ3n) is 2.61. The van der Waals surface area contributed by atoms with Gasteiger partial charge in [-0.2, -0.15) is 0 Å². The standard InChI is InChI=1S/C13H16O2S/c1-9(2)10(3)13(15)16-12-6-4-11(8-14)5-7-12/h4-10H,1-3H3. The van der Waals surface area contributed by atoms with Crippen molar-refractivity contribution in [2.24, 2.45) is 11.8 Å². The molecule has 3 heteroatoms. The van der Waals surface area contributed by atoms with Crippen LogP contribution in [0.3, 0.4) is 0 Å². The summed E-state index contributed by atoms with van der Waals surface area (Å²) in [4.78, 5) is 23.2. The zero-order chi connectivity index (χ0) is 12.1. The van der Waals surface area contributed by atoms with Crippen LogP contribution in [-0.4, -0.2) is 11.4 Å². The summed E-state index contributed by atoms with van der Waals surface area (Å²) in [5.41, 5.74) is 0.633. The number of rotatable bonds is 4. The van der Waals surface area contributed by atoms with Crippen LogP contribution < -0.4 is 0 Å². The van der Waals surface area contributed by atoms with E-state index in [2.05, 4.69) is 0 Å². The van der Waals surface area contributed by atoms with Crippen LogP contribution in [0.5, 0.6) is 0 Å². The smallest absolute Gasteiger partial charge is 0.196 e. The van der Waals surface area contributed by atoms with Crippen molar-refractivity contribution in [3.05, 3.63) is 29.8 Å². The molecule has 0 aromatic heterocycles. The number of carbonyl (C=O) groups is 2. The van der Waals surface area contributed by atoms with E-state index in [0.717, 1.165) is 11.2 Å². The minimum atomic E-state index is 0.0516. The van der Waals surface area contributed by atoms with Crippen LogP contribution in [0.15, 0.2) is 29.2 Å². The maximum atomic E-state index is 11.8. The van der Waals surface area contributed by atoms with Gasteiger partial charge in [-0.05, 0) is 18.1 Å². The Hall–Kier alpha value is -1.09. The first kappa shape index (κ1) is 13.0. The van der Waals surface area contributed by atoms with E-state index >= 15 is 0 Å². The molecule has 0 bridgehead atoms. The first-order valence-electron chi connectivity index (χ1n) is 5.31. The molecule has 0 saturated heterocycles. The van der Waals surface area contributed by atoms with E-state index in [1.165, 1.54) is 11.8 Å². The zero-order valence-corrected chi connectivity index (χ0v) is 10.6. The lowest BCUT2D eigenvalue weighted by Gasteiger charge is -2.13. The lowest BCUT2D eigenvalue weighted by atomic mass is 10.0. The largest absolute Gasteiger partial charge is 0.298 e. The number of carbonyl (C=O) groups excluding carboxylic acids is 2. The summed E-state index contributed by atoms with van der Waals surface area (Å²) in [7, 11) is 0. The summed E-state index contributed by atoms with van der Waals surface area (Å²) in [6.45, 7) is 6.02. The summed E-state index contributed by atoms with van der Waals surface area (Å²) < 4.78 is 0. The van der Waals surface area contributed by atoms with Crippen LogP contribution in [0.25, 0.3) is 0 Å². The Morgan fingerprint density at radius 3 is 2.19 bits per heavy atom. The molecular weight excluding hydrogens is 220 g/mol. The molecule has 0 spiro atoms. The molecule has 0 N–H and O–H groups in total. The van der Waals surface area contributed by atoms with E-state index in [9.17, 15) is 9.59 Å². The van der Waals surface area contributed by atoms with E-state index in [0.29, 0.717) is 11.5 Å². The van der Waals surface area contributed by atoms with Crippen molar-refractivity contribution in [1.82, 2.24) is 0 Å². The monoisotopic (exact) mass is 236 g/mol. The van der Waals surface area contributed by atoms with Gasteiger partial charge in [-0.1, -0.05) is 44.7 Å². The zero-order valence-electron chi connectivity index (χ0n) is 9.77.